The number of nitrogens with zero attached hydrogens (tertiary/aromatic N) is 2. The summed E-state index contributed by atoms with van der Waals surface area (Å²) in [6.45, 7) is 10.6. The fraction of sp³-hybridized carbons (Fsp3) is 0.667. The van der Waals surface area contributed by atoms with Gasteiger partial charge >= 0.3 is 0 Å². The van der Waals surface area contributed by atoms with E-state index in [4.69, 9.17) is 0 Å². The van der Waals surface area contributed by atoms with Crippen molar-refractivity contribution in [3.8, 4) is 0 Å². The molecule has 0 fully saturated rings. The third-order valence-electron chi connectivity index (χ3n) is 2.74. The molecular formula is C12H21N3. The highest BCUT2D eigenvalue weighted by atomic mass is 14.9. The molecule has 0 saturated carbocycles. The average Bonchev–Trinajstić information content (AvgIpc) is 2.17. The summed E-state index contributed by atoms with van der Waals surface area (Å²) in [6.07, 6.45) is 1.81. The van der Waals surface area contributed by atoms with Gasteiger partial charge in [0.2, 0.25) is 0 Å². The lowest BCUT2D eigenvalue weighted by molar-refractivity contribution is 0.391. The number of rotatable bonds is 5. The largest absolute Gasteiger partial charge is 0.311 e. The van der Waals surface area contributed by atoms with Crippen molar-refractivity contribution in [2.45, 2.75) is 34.2 Å². The Morgan fingerprint density at radius 3 is 2.67 bits per heavy atom. The quantitative estimate of drug-likeness (QED) is 0.804. The summed E-state index contributed by atoms with van der Waals surface area (Å²) in [5.41, 5.74) is 1.07. The molecule has 0 amide bonds. The van der Waals surface area contributed by atoms with E-state index in [2.05, 4.69) is 36.1 Å². The summed E-state index contributed by atoms with van der Waals surface area (Å²) in [7, 11) is 0. The van der Waals surface area contributed by atoms with Crippen molar-refractivity contribution < 1.29 is 0 Å². The van der Waals surface area contributed by atoms with Gasteiger partial charge in [0, 0.05) is 12.7 Å². The lowest BCUT2D eigenvalue weighted by Crippen LogP contribution is -2.24. The summed E-state index contributed by atoms with van der Waals surface area (Å²) >= 11 is 0. The van der Waals surface area contributed by atoms with E-state index in [0.717, 1.165) is 30.5 Å². The van der Waals surface area contributed by atoms with E-state index < -0.39 is 0 Å². The molecule has 0 aliphatic carbocycles. The fourth-order valence-electron chi connectivity index (χ4n) is 1.27. The van der Waals surface area contributed by atoms with Crippen LogP contribution in [0.3, 0.4) is 0 Å². The molecule has 0 aliphatic rings. The van der Waals surface area contributed by atoms with Gasteiger partial charge in [-0.2, -0.15) is 0 Å². The minimum Gasteiger partial charge on any atom is -0.311 e. The Hall–Kier alpha value is -0.960. The Morgan fingerprint density at radius 2 is 2.07 bits per heavy atom. The summed E-state index contributed by atoms with van der Waals surface area (Å²) in [5.74, 6) is 2.27. The predicted molar refractivity (Wildman–Crippen MR) is 62.5 cm³/mol. The molecule has 1 N–H and O–H groups in total. The van der Waals surface area contributed by atoms with Gasteiger partial charge in [0.15, 0.2) is 0 Å². The molecule has 15 heavy (non-hydrogen) atoms. The summed E-state index contributed by atoms with van der Waals surface area (Å²) in [5, 5.41) is 3.42. The normalized spacial score (nSPS) is 13.1. The molecule has 0 aromatic carbocycles. The van der Waals surface area contributed by atoms with Crippen LogP contribution in [-0.4, -0.2) is 16.5 Å². The maximum Gasteiger partial charge on any atom is 0.125 e. The third-order valence-corrected chi connectivity index (χ3v) is 2.74. The molecule has 0 radical (unpaired) electrons. The van der Waals surface area contributed by atoms with Crippen LogP contribution in [0.5, 0.6) is 0 Å². The summed E-state index contributed by atoms with van der Waals surface area (Å²) in [6, 6.07) is 1.96. The third kappa shape index (κ3) is 4.38. The Morgan fingerprint density at radius 1 is 1.33 bits per heavy atom. The van der Waals surface area contributed by atoms with Crippen LogP contribution < -0.4 is 5.32 Å². The molecule has 0 saturated heterocycles. The van der Waals surface area contributed by atoms with E-state index in [1.165, 1.54) is 0 Å². The topological polar surface area (TPSA) is 37.8 Å². The first-order chi connectivity index (χ1) is 7.09. The van der Waals surface area contributed by atoms with Crippen LogP contribution in [0.1, 0.15) is 32.3 Å². The highest BCUT2D eigenvalue weighted by Crippen LogP contribution is 2.07. The van der Waals surface area contributed by atoms with E-state index in [1.807, 2.05) is 19.2 Å². The molecular weight excluding hydrogens is 186 g/mol. The van der Waals surface area contributed by atoms with Gasteiger partial charge in [-0.05, 0) is 31.4 Å². The molecule has 1 heterocycles. The van der Waals surface area contributed by atoms with Gasteiger partial charge in [0.05, 0.1) is 5.69 Å². The zero-order valence-corrected chi connectivity index (χ0v) is 10.1. The molecule has 1 atom stereocenters. The summed E-state index contributed by atoms with van der Waals surface area (Å²) < 4.78 is 0. The van der Waals surface area contributed by atoms with Crippen LogP contribution in [0.4, 0.5) is 0 Å². The molecule has 0 bridgehead atoms. The Balaban J connectivity index is 2.32. The minimum atomic E-state index is 0.702. The standard InChI is InChI=1S/C12H21N3/c1-9(2)10(3)7-13-8-12-5-6-14-11(4)15-12/h5-6,9-10,13H,7-8H2,1-4H3. The van der Waals surface area contributed by atoms with Crippen LogP contribution in [0.25, 0.3) is 0 Å². The molecule has 1 rings (SSSR count). The lowest BCUT2D eigenvalue weighted by atomic mass is 9.98. The molecule has 0 aliphatic heterocycles. The second-order valence-electron chi connectivity index (χ2n) is 4.45. The van der Waals surface area contributed by atoms with Crippen LogP contribution in [-0.2, 0) is 6.54 Å². The van der Waals surface area contributed by atoms with Crippen molar-refractivity contribution in [2.75, 3.05) is 6.54 Å². The number of aryl methyl sites for hydroxylation is 1. The molecule has 1 aromatic rings. The van der Waals surface area contributed by atoms with E-state index in [0.29, 0.717) is 5.92 Å². The van der Waals surface area contributed by atoms with Gasteiger partial charge in [-0.1, -0.05) is 20.8 Å². The minimum absolute atomic E-state index is 0.702. The van der Waals surface area contributed by atoms with E-state index >= 15 is 0 Å². The molecule has 1 aromatic heterocycles. The zero-order chi connectivity index (χ0) is 11.3. The van der Waals surface area contributed by atoms with Gasteiger partial charge in [0.1, 0.15) is 5.82 Å². The van der Waals surface area contributed by atoms with Crippen molar-refractivity contribution in [3.63, 3.8) is 0 Å². The highest BCUT2D eigenvalue weighted by molar-refractivity contribution is 5.00. The maximum atomic E-state index is 4.34. The second-order valence-corrected chi connectivity index (χ2v) is 4.45. The summed E-state index contributed by atoms with van der Waals surface area (Å²) in [4.78, 5) is 8.41. The Labute approximate surface area is 92.3 Å². The molecule has 3 heteroatoms. The van der Waals surface area contributed by atoms with Crippen LogP contribution in [0.15, 0.2) is 12.3 Å². The predicted octanol–water partition coefficient (Wildman–Crippen LogP) is 2.17. The van der Waals surface area contributed by atoms with Crippen molar-refractivity contribution in [1.82, 2.24) is 15.3 Å². The molecule has 3 nitrogen and oxygen atoms in total. The number of aromatic nitrogens is 2. The van der Waals surface area contributed by atoms with Gasteiger partial charge in [-0.3, -0.25) is 0 Å². The number of hydrogen-bond donors (Lipinski definition) is 1. The van der Waals surface area contributed by atoms with E-state index in [1.54, 1.807) is 0 Å². The van der Waals surface area contributed by atoms with Crippen molar-refractivity contribution in [1.29, 1.82) is 0 Å². The van der Waals surface area contributed by atoms with Gasteiger partial charge in [-0.15, -0.1) is 0 Å². The maximum absolute atomic E-state index is 4.34. The Kier molecular flexibility index (Phi) is 4.69. The monoisotopic (exact) mass is 207 g/mol. The zero-order valence-electron chi connectivity index (χ0n) is 10.1. The number of hydrogen-bond acceptors (Lipinski definition) is 3. The molecule has 0 spiro atoms. The van der Waals surface area contributed by atoms with Gasteiger partial charge < -0.3 is 5.32 Å². The van der Waals surface area contributed by atoms with Gasteiger partial charge in [0.25, 0.3) is 0 Å². The first-order valence-corrected chi connectivity index (χ1v) is 5.59. The van der Waals surface area contributed by atoms with Crippen LogP contribution >= 0.6 is 0 Å². The van der Waals surface area contributed by atoms with Gasteiger partial charge in [-0.25, -0.2) is 9.97 Å². The highest BCUT2D eigenvalue weighted by Gasteiger charge is 2.06. The first-order valence-electron chi connectivity index (χ1n) is 5.59. The number of nitrogens with one attached hydrogen (secondary N) is 1. The average molecular weight is 207 g/mol. The van der Waals surface area contributed by atoms with Crippen LogP contribution in [0.2, 0.25) is 0 Å². The van der Waals surface area contributed by atoms with E-state index in [-0.39, 0.29) is 0 Å². The first kappa shape index (κ1) is 12.1. The Bertz CT molecular complexity index is 297. The smallest absolute Gasteiger partial charge is 0.125 e. The van der Waals surface area contributed by atoms with Crippen molar-refractivity contribution in [3.05, 3.63) is 23.8 Å². The lowest BCUT2D eigenvalue weighted by Gasteiger charge is -2.15. The SMILES string of the molecule is Cc1nccc(CNCC(C)C(C)C)n1. The van der Waals surface area contributed by atoms with Crippen LogP contribution in [0, 0.1) is 18.8 Å². The molecule has 1 unspecified atom stereocenters. The second kappa shape index (κ2) is 5.81. The van der Waals surface area contributed by atoms with Crippen molar-refractivity contribution in [2.24, 2.45) is 11.8 Å². The molecule has 84 valence electrons. The van der Waals surface area contributed by atoms with Crippen molar-refractivity contribution >= 4 is 0 Å². The fourth-order valence-corrected chi connectivity index (χ4v) is 1.27. The van der Waals surface area contributed by atoms with E-state index in [9.17, 15) is 0 Å².